The summed E-state index contributed by atoms with van der Waals surface area (Å²) in [7, 11) is 0. The Labute approximate surface area is 326 Å². The predicted molar refractivity (Wildman–Crippen MR) is 195 cm³/mol. The molecule has 3 heterocycles. The number of nitrogens with zero attached hydrogens (tertiary/aromatic N) is 1. The highest BCUT2D eigenvalue weighted by Gasteiger charge is 2.78. The van der Waals surface area contributed by atoms with Crippen molar-refractivity contribution < 1.29 is 63.0 Å². The van der Waals surface area contributed by atoms with Gasteiger partial charge in [0.05, 0.1) is 38.2 Å². The van der Waals surface area contributed by atoms with Crippen molar-refractivity contribution in [3.63, 3.8) is 0 Å². The number of hydroxylamine groups is 2. The van der Waals surface area contributed by atoms with Gasteiger partial charge in [-0.3, -0.25) is 24.0 Å². The number of aliphatic hydroxyl groups is 3. The van der Waals surface area contributed by atoms with Crippen LogP contribution in [0.2, 0.25) is 0 Å². The lowest BCUT2D eigenvalue weighted by molar-refractivity contribution is -0.235. The van der Waals surface area contributed by atoms with E-state index in [-0.39, 0.29) is 50.9 Å². The van der Waals surface area contributed by atoms with Gasteiger partial charge in [0.15, 0.2) is 11.8 Å². The molecule has 308 valence electrons. The van der Waals surface area contributed by atoms with Crippen LogP contribution in [0.25, 0.3) is 6.08 Å². The number of ether oxygens (including phenoxy) is 5. The minimum Gasteiger partial charge on any atom is -0.499 e. The molecule has 2 bridgehead atoms. The van der Waals surface area contributed by atoms with Crippen molar-refractivity contribution in [3.8, 4) is 0 Å². The highest BCUT2D eigenvalue weighted by molar-refractivity contribution is 5.96. The SMILES string of the molecule is CC(O)C(NC(=O)C12CC3OC(=O)C1N(Cc1cccc(C=COCCO)c1)OC2C1OC(C2CC2)(C2CC2)OC31)C(=O)NC(CO)CCC(=O)OC(C)(C)C. The minimum atomic E-state index is -1.61. The number of hydrogen-bond donors (Lipinski definition) is 5. The van der Waals surface area contributed by atoms with E-state index in [4.69, 9.17) is 33.6 Å². The zero-order chi connectivity index (χ0) is 40.0. The van der Waals surface area contributed by atoms with Crippen LogP contribution in [0.15, 0.2) is 30.5 Å². The molecule has 9 unspecified atom stereocenters. The molecule has 3 saturated carbocycles. The Morgan fingerprint density at radius 1 is 1.07 bits per heavy atom. The Kier molecular flexibility index (Phi) is 11.6. The zero-order valence-corrected chi connectivity index (χ0v) is 32.4. The summed E-state index contributed by atoms with van der Waals surface area (Å²) in [5.41, 5.74) is -0.765. The first-order valence-corrected chi connectivity index (χ1v) is 19.8. The van der Waals surface area contributed by atoms with Crippen molar-refractivity contribution in [1.82, 2.24) is 15.7 Å². The normalized spacial score (nSPS) is 30.9. The maximum Gasteiger partial charge on any atom is 0.327 e. The fourth-order valence-corrected chi connectivity index (χ4v) is 8.75. The van der Waals surface area contributed by atoms with Crippen LogP contribution in [0.4, 0.5) is 0 Å². The molecule has 16 nitrogen and oxygen atoms in total. The van der Waals surface area contributed by atoms with Crippen molar-refractivity contribution in [1.29, 1.82) is 0 Å². The summed E-state index contributed by atoms with van der Waals surface area (Å²) >= 11 is 0. The van der Waals surface area contributed by atoms with E-state index in [0.29, 0.717) is 0 Å². The Balaban J connectivity index is 1.15. The van der Waals surface area contributed by atoms with Crippen LogP contribution in [0.1, 0.15) is 83.8 Å². The summed E-state index contributed by atoms with van der Waals surface area (Å²) in [4.78, 5) is 61.9. The molecule has 0 spiro atoms. The fraction of sp³-hybridized carbons (Fsp3) is 0.700. The van der Waals surface area contributed by atoms with Gasteiger partial charge in [0.2, 0.25) is 11.8 Å². The summed E-state index contributed by atoms with van der Waals surface area (Å²) < 4.78 is 30.4. The molecule has 3 saturated heterocycles. The second kappa shape index (κ2) is 16.0. The monoisotopic (exact) mass is 785 g/mol. The molecule has 6 aliphatic rings. The van der Waals surface area contributed by atoms with Crippen molar-refractivity contribution in [2.45, 2.75) is 139 Å². The summed E-state index contributed by atoms with van der Waals surface area (Å²) in [6, 6.07) is 3.83. The number of rotatable bonds is 17. The number of carbonyl (C=O) groups excluding carboxylic acids is 4. The third-order valence-electron chi connectivity index (χ3n) is 11.5. The van der Waals surface area contributed by atoms with Gasteiger partial charge in [0, 0.05) is 24.7 Å². The topological polar surface area (TPSA) is 212 Å². The van der Waals surface area contributed by atoms with Gasteiger partial charge in [0.25, 0.3) is 0 Å². The summed E-state index contributed by atoms with van der Waals surface area (Å²) in [5.74, 6) is -3.14. The summed E-state index contributed by atoms with van der Waals surface area (Å²) in [6.07, 6.45) is 2.33. The van der Waals surface area contributed by atoms with E-state index >= 15 is 0 Å². The Hall–Kier alpha value is -3.64. The fourth-order valence-electron chi connectivity index (χ4n) is 8.75. The Morgan fingerprint density at radius 3 is 2.43 bits per heavy atom. The van der Waals surface area contributed by atoms with Crippen LogP contribution in [-0.4, -0.2) is 124 Å². The van der Waals surface area contributed by atoms with Crippen LogP contribution in [-0.2, 0) is 54.2 Å². The third-order valence-corrected chi connectivity index (χ3v) is 11.5. The number of benzene rings is 1. The van der Waals surface area contributed by atoms with E-state index in [1.165, 1.54) is 18.2 Å². The number of carbonyl (C=O) groups is 4. The molecule has 0 aromatic heterocycles. The van der Waals surface area contributed by atoms with Crippen molar-refractivity contribution >= 4 is 29.8 Å². The third kappa shape index (κ3) is 8.06. The van der Waals surface area contributed by atoms with E-state index in [1.54, 1.807) is 26.8 Å². The molecule has 7 rings (SSSR count). The van der Waals surface area contributed by atoms with Gasteiger partial charge in [-0.05, 0) is 77.0 Å². The maximum atomic E-state index is 15.0. The first kappa shape index (κ1) is 40.6. The molecule has 9 atom stereocenters. The molecule has 1 aromatic carbocycles. The van der Waals surface area contributed by atoms with Crippen LogP contribution in [0.5, 0.6) is 0 Å². The minimum absolute atomic E-state index is 0.0284. The van der Waals surface area contributed by atoms with Crippen molar-refractivity contribution in [2.24, 2.45) is 17.3 Å². The number of fused-ring (bicyclic) bond motifs is 4. The molecule has 3 aliphatic carbocycles. The first-order valence-electron chi connectivity index (χ1n) is 19.8. The van der Waals surface area contributed by atoms with Gasteiger partial charge in [0.1, 0.15) is 48.1 Å². The van der Waals surface area contributed by atoms with E-state index in [1.807, 2.05) is 24.3 Å². The molecule has 6 fully saturated rings. The number of esters is 2. The number of hydrogen-bond acceptors (Lipinski definition) is 14. The van der Waals surface area contributed by atoms with E-state index in [9.17, 15) is 29.4 Å². The average Bonchev–Trinajstić information content (AvgIpc) is 4.09. The molecule has 1 aromatic rings. The average molecular weight is 786 g/mol. The van der Waals surface area contributed by atoms with Gasteiger partial charge >= 0.3 is 11.9 Å². The summed E-state index contributed by atoms with van der Waals surface area (Å²) in [5, 5.41) is 36.8. The van der Waals surface area contributed by atoms with Crippen molar-refractivity contribution in [3.05, 3.63) is 41.7 Å². The highest BCUT2D eigenvalue weighted by Crippen LogP contribution is 2.63. The number of amides is 2. The van der Waals surface area contributed by atoms with Crippen LogP contribution >= 0.6 is 0 Å². The molecule has 2 amide bonds. The molecule has 16 heteroatoms. The van der Waals surface area contributed by atoms with Crippen LogP contribution < -0.4 is 10.6 Å². The number of nitrogens with one attached hydrogen (secondary N) is 2. The Bertz CT molecular complexity index is 1660. The van der Waals surface area contributed by atoms with Gasteiger partial charge in [-0.15, -0.1) is 0 Å². The summed E-state index contributed by atoms with van der Waals surface area (Å²) in [6.45, 7) is 6.17. The van der Waals surface area contributed by atoms with Crippen molar-refractivity contribution in [2.75, 3.05) is 19.8 Å². The van der Waals surface area contributed by atoms with E-state index in [2.05, 4.69) is 10.6 Å². The second-order valence-corrected chi connectivity index (χ2v) is 17.0. The highest BCUT2D eigenvalue weighted by atomic mass is 16.8. The lowest BCUT2D eigenvalue weighted by Crippen LogP contribution is -2.71. The zero-order valence-electron chi connectivity index (χ0n) is 32.4. The van der Waals surface area contributed by atoms with Gasteiger partial charge in [-0.25, -0.2) is 0 Å². The lowest BCUT2D eigenvalue weighted by atomic mass is 9.62. The van der Waals surface area contributed by atoms with Gasteiger partial charge in [-0.1, -0.05) is 24.3 Å². The Morgan fingerprint density at radius 2 is 1.79 bits per heavy atom. The maximum absolute atomic E-state index is 15.0. The molecular weight excluding hydrogens is 730 g/mol. The van der Waals surface area contributed by atoms with Gasteiger partial charge < -0.3 is 49.6 Å². The first-order chi connectivity index (χ1) is 26.7. The standard InChI is InChI=1S/C40H55N3O13/c1-22(46)30(35(48)41-27(21-45)12-13-29(47)53-38(2,3)4)42-37(50)39-19-28-31-32(55-40(54-31,25-8-9-25)26-10-11-26)34(39)56-43(33(39)36(49)52-28)20-24-7-5-6-23(18-24)14-16-51-17-15-44/h5-7,14,16,18,22,25-28,30-34,44-46H,8-13,15,17,19-21H2,1-4H3,(H,41,48)(H,42,50). The molecule has 0 radical (unpaired) electrons. The molecule has 5 N–H and O–H groups in total. The van der Waals surface area contributed by atoms with Gasteiger partial charge in [-0.2, -0.15) is 5.06 Å². The smallest absolute Gasteiger partial charge is 0.327 e. The molecule has 3 aliphatic heterocycles. The predicted octanol–water partition coefficient (Wildman–Crippen LogP) is 1.23. The molecule has 56 heavy (non-hydrogen) atoms. The van der Waals surface area contributed by atoms with E-state index in [0.717, 1.165) is 36.8 Å². The largest absolute Gasteiger partial charge is 0.499 e. The number of aliphatic hydroxyl groups excluding tert-OH is 3. The lowest BCUT2D eigenvalue weighted by Gasteiger charge is -2.49. The second-order valence-electron chi connectivity index (χ2n) is 17.0. The molecular formula is C40H55N3O13. The van der Waals surface area contributed by atoms with Crippen LogP contribution in [0, 0.1) is 17.3 Å². The quantitative estimate of drug-likeness (QED) is 0.0855. The van der Waals surface area contributed by atoms with E-state index < -0.39 is 95.8 Å². The van der Waals surface area contributed by atoms with Crippen LogP contribution in [0.3, 0.4) is 0 Å².